The molecule has 0 bridgehead atoms. The van der Waals surface area contributed by atoms with Crippen molar-refractivity contribution in [2.75, 3.05) is 54.3 Å². The number of pyridine rings is 4. The van der Waals surface area contributed by atoms with Crippen LogP contribution in [0.15, 0.2) is 136 Å². The predicted octanol–water partition coefficient (Wildman–Crippen LogP) is 6.71. The van der Waals surface area contributed by atoms with Gasteiger partial charge in [-0.15, -0.1) is 4.73 Å². The maximum absolute atomic E-state index is 14.3. The van der Waals surface area contributed by atoms with Gasteiger partial charge in [0.1, 0.15) is 81.0 Å². The number of fused-ring (bicyclic) bond motifs is 4. The molecule has 568 valence electrons. The molecule has 8 heterocycles. The van der Waals surface area contributed by atoms with Gasteiger partial charge in [-0.2, -0.15) is 0 Å². The average Bonchev–Trinajstić information content (AvgIpc) is 0.772. The monoisotopic (exact) mass is 1940 g/mol. The molecule has 30 nitrogen and oxygen atoms in total. The standard InChI is InChI=1S/C18H18FIN4O4.C18H18FIN4O3.C17H16FIN4O4.C17H16FIN4O3/c1-9-15-14(18(28)24(8-21-15)6-11(26)7-25)16(23(2)17(9)27)22-13-4-3-10(20)5-12(13)19;1-10-15-14(18(27)24(9-21-15)6-3-7-25)16(23(2)17(10)26)22-13-5-4-11(20)8-12(13)19;1-9-14-13(17(26)23(8-20-14)27-6-5-24)15(22(2)16(9)25)21-12-4-3-10(19)7-11(12)18;1-9-14-13(17(26)23(5-6-24)8-20-14)15(22(2)16(9)25)21-12-4-3-10(19)7-11(12)18/h3-5,8,11,22,25-26H,6-7H2,1-2H3;4-5,8-9,22,25H,3,6-7H2,1-2H3;3-4,7-8,21,24H,5-6H2,1-2H3;3-4,7-8,21,24H,5-6H2,1-2H3/t11-;;;/m1.../s1. The summed E-state index contributed by atoms with van der Waals surface area (Å²) in [6.07, 6.45) is 4.26. The van der Waals surface area contributed by atoms with Crippen molar-refractivity contribution >= 4 is 180 Å². The fourth-order valence-corrected chi connectivity index (χ4v) is 13.0. The molecule has 4 aromatic carbocycles. The zero-order valence-corrected chi connectivity index (χ0v) is 67.1. The number of nitrogens with one attached hydrogen (secondary N) is 4. The summed E-state index contributed by atoms with van der Waals surface area (Å²) in [4.78, 5) is 124. The zero-order valence-electron chi connectivity index (χ0n) is 58.5. The van der Waals surface area contributed by atoms with E-state index in [-0.39, 0.29) is 175 Å². The Hall–Kier alpha value is -9.32. The average molecular weight is 1940 g/mol. The first-order valence-electron chi connectivity index (χ1n) is 32.3. The number of hydrogen-bond acceptors (Lipinski definition) is 22. The third-order valence-corrected chi connectivity index (χ3v) is 19.5. The van der Waals surface area contributed by atoms with Crippen LogP contribution < -0.4 is 70.6 Å². The van der Waals surface area contributed by atoms with E-state index >= 15 is 0 Å². The molecule has 0 aliphatic heterocycles. The maximum atomic E-state index is 14.3. The number of aryl methyl sites for hydroxylation is 5. The Morgan fingerprint density at radius 2 is 0.704 bits per heavy atom. The minimum Gasteiger partial charge on any atom is -0.407 e. The third-order valence-electron chi connectivity index (χ3n) is 16.8. The summed E-state index contributed by atoms with van der Waals surface area (Å²) in [5.74, 6) is -1.53. The van der Waals surface area contributed by atoms with E-state index in [1.54, 1.807) is 58.0 Å². The van der Waals surface area contributed by atoms with Crippen LogP contribution in [-0.2, 0) is 47.8 Å². The lowest BCUT2D eigenvalue weighted by Gasteiger charge is -2.17. The van der Waals surface area contributed by atoms with Crippen molar-refractivity contribution in [3.8, 4) is 0 Å². The minimum absolute atomic E-state index is 0.0598. The number of halogens is 8. The predicted molar refractivity (Wildman–Crippen MR) is 434 cm³/mol. The molecule has 0 saturated heterocycles. The van der Waals surface area contributed by atoms with E-state index in [0.29, 0.717) is 24.7 Å². The Balaban J connectivity index is 0.000000166. The Morgan fingerprint density at radius 3 is 1.00 bits per heavy atom. The largest absolute Gasteiger partial charge is 0.407 e. The smallest absolute Gasteiger partial charge is 0.297 e. The highest BCUT2D eigenvalue weighted by molar-refractivity contribution is 14.1. The highest BCUT2D eigenvalue weighted by Gasteiger charge is 2.25. The molecule has 9 N–H and O–H groups in total. The van der Waals surface area contributed by atoms with Gasteiger partial charge in [0.25, 0.3) is 44.5 Å². The molecular formula is C70H68F4I4N16O14. The molecule has 0 aliphatic carbocycles. The molecule has 0 spiro atoms. The lowest BCUT2D eigenvalue weighted by atomic mass is 10.2. The number of aliphatic hydroxyl groups excluding tert-OH is 5. The van der Waals surface area contributed by atoms with Crippen LogP contribution in [0.4, 0.5) is 63.6 Å². The van der Waals surface area contributed by atoms with E-state index in [0.717, 1.165) is 22.8 Å². The molecule has 12 aromatic rings. The summed E-state index contributed by atoms with van der Waals surface area (Å²) in [5.41, 5.74) is -0.638. The van der Waals surface area contributed by atoms with Crippen molar-refractivity contribution < 1.29 is 47.9 Å². The number of rotatable bonds is 19. The van der Waals surface area contributed by atoms with E-state index in [4.69, 9.17) is 25.3 Å². The second kappa shape index (κ2) is 35.8. The van der Waals surface area contributed by atoms with Crippen molar-refractivity contribution in [1.82, 2.24) is 56.6 Å². The molecule has 0 radical (unpaired) electrons. The minimum atomic E-state index is -1.14. The van der Waals surface area contributed by atoms with E-state index in [1.165, 1.54) is 117 Å². The number of benzene rings is 4. The quantitative estimate of drug-likeness (QED) is 0.0300. The van der Waals surface area contributed by atoms with Gasteiger partial charge in [0.2, 0.25) is 0 Å². The maximum Gasteiger partial charge on any atom is 0.297 e. The van der Waals surface area contributed by atoms with Gasteiger partial charge in [-0.1, -0.05) is 0 Å². The number of aromatic nitrogens is 12. The third kappa shape index (κ3) is 17.7. The Bertz CT molecular complexity index is 5850. The van der Waals surface area contributed by atoms with Crippen LogP contribution in [-0.4, -0.2) is 121 Å². The summed E-state index contributed by atoms with van der Waals surface area (Å²) >= 11 is 7.95. The van der Waals surface area contributed by atoms with Crippen LogP contribution in [0.2, 0.25) is 0 Å². The van der Waals surface area contributed by atoms with Crippen LogP contribution in [0.5, 0.6) is 0 Å². The van der Waals surface area contributed by atoms with Crippen LogP contribution in [0.3, 0.4) is 0 Å². The second-order valence-corrected chi connectivity index (χ2v) is 29.0. The molecule has 12 rings (SSSR count). The van der Waals surface area contributed by atoms with Gasteiger partial charge in [0.15, 0.2) is 0 Å². The van der Waals surface area contributed by atoms with Crippen LogP contribution in [0, 0.1) is 65.2 Å². The van der Waals surface area contributed by atoms with Crippen molar-refractivity contribution in [3.05, 3.63) is 241 Å². The number of nitrogens with zero attached hydrogens (tertiary/aromatic N) is 12. The van der Waals surface area contributed by atoms with Gasteiger partial charge in [0, 0.05) is 77.9 Å². The van der Waals surface area contributed by atoms with E-state index < -0.39 is 52.7 Å². The lowest BCUT2D eigenvalue weighted by Crippen LogP contribution is -2.32. The van der Waals surface area contributed by atoms with Gasteiger partial charge in [0.05, 0.1) is 103 Å². The Kier molecular flexibility index (Phi) is 27.4. The summed E-state index contributed by atoms with van der Waals surface area (Å²) in [5, 5.41) is 57.7. The van der Waals surface area contributed by atoms with Crippen molar-refractivity contribution in [2.45, 2.75) is 59.9 Å². The van der Waals surface area contributed by atoms with Gasteiger partial charge < -0.3 is 51.6 Å². The zero-order chi connectivity index (χ0) is 79.0. The highest BCUT2D eigenvalue weighted by atomic mass is 127. The molecule has 0 saturated carbocycles. The molecule has 108 heavy (non-hydrogen) atoms. The molecule has 1 atom stereocenters. The van der Waals surface area contributed by atoms with Gasteiger partial charge in [-0.3, -0.25) is 70.3 Å². The Morgan fingerprint density at radius 1 is 0.407 bits per heavy atom. The first-order valence-corrected chi connectivity index (χ1v) is 36.6. The van der Waals surface area contributed by atoms with E-state index in [9.17, 15) is 61.0 Å². The first kappa shape index (κ1) is 82.7. The summed E-state index contributed by atoms with van der Waals surface area (Å²) in [6, 6.07) is 18.3. The number of hydrogen-bond donors (Lipinski definition) is 9. The summed E-state index contributed by atoms with van der Waals surface area (Å²) < 4.78 is 69.7. The van der Waals surface area contributed by atoms with E-state index in [1.807, 2.05) is 90.4 Å². The van der Waals surface area contributed by atoms with Gasteiger partial charge in [-0.05, 0) is 197 Å². The van der Waals surface area contributed by atoms with Crippen LogP contribution in [0.25, 0.3) is 43.6 Å². The topological polar surface area (TPSA) is 386 Å². The van der Waals surface area contributed by atoms with Crippen molar-refractivity contribution in [1.29, 1.82) is 0 Å². The molecule has 0 amide bonds. The molecule has 0 unspecified atom stereocenters. The van der Waals surface area contributed by atoms with Crippen LogP contribution in [0.1, 0.15) is 28.7 Å². The first-order chi connectivity index (χ1) is 51.3. The lowest BCUT2D eigenvalue weighted by molar-refractivity contribution is 0.0683. The highest BCUT2D eigenvalue weighted by Crippen LogP contribution is 2.31. The second-order valence-electron chi connectivity index (χ2n) is 24.0. The Labute approximate surface area is 662 Å². The molecule has 0 aliphatic rings. The number of anilines is 8. The molecule has 38 heteroatoms. The van der Waals surface area contributed by atoms with Crippen molar-refractivity contribution in [3.63, 3.8) is 0 Å². The summed E-state index contributed by atoms with van der Waals surface area (Å²) in [7, 11) is 5.98. The van der Waals surface area contributed by atoms with E-state index in [2.05, 4.69) is 41.2 Å². The van der Waals surface area contributed by atoms with Crippen molar-refractivity contribution in [2.24, 2.45) is 28.2 Å². The molecular weight excluding hydrogens is 1870 g/mol. The molecule has 8 aromatic heterocycles. The SMILES string of the molecule is Cc1c(=O)n(C)c(Nc2ccc(I)cc2F)c2c(=O)n(CCCO)cnc12.Cc1c(=O)n(C)c(Nc2ccc(I)cc2F)c2c(=O)n(CCO)cnc12.Cc1c(=O)n(C)c(Nc2ccc(I)cc2F)c2c(=O)n(C[C@@H](O)CO)cnc12.Cc1c(=O)n(C)c(Nc2ccc(I)cc2F)c2c(=O)n(OCCO)cnc12. The fourth-order valence-electron chi connectivity index (χ4n) is 11.2. The normalized spacial score (nSPS) is 11.4. The fraction of sp³-hybridized carbons (Fsp3) is 0.257. The molecule has 0 fully saturated rings. The van der Waals surface area contributed by atoms with Crippen LogP contribution >= 0.6 is 90.4 Å². The van der Waals surface area contributed by atoms with Gasteiger partial charge in [-0.25, -0.2) is 37.5 Å². The number of aliphatic hydroxyl groups is 5. The van der Waals surface area contributed by atoms with Gasteiger partial charge >= 0.3 is 0 Å². The summed E-state index contributed by atoms with van der Waals surface area (Å²) in [6.45, 7) is 5.30.